The average Bonchev–Trinajstić information content (AvgIpc) is 3.48. The number of ether oxygens (including phenoxy) is 1. The van der Waals surface area contributed by atoms with E-state index in [-0.39, 0.29) is 18.5 Å². The van der Waals surface area contributed by atoms with Crippen LogP contribution in [0.4, 0.5) is 0 Å². The lowest BCUT2D eigenvalue weighted by Gasteiger charge is -2.20. The second kappa shape index (κ2) is 71.3. The summed E-state index contributed by atoms with van der Waals surface area (Å²) in [6.45, 7) is 4.93. The third kappa shape index (κ3) is 67.0. The predicted octanol–water partition coefficient (Wildman–Crippen LogP) is 24.0. The Morgan fingerprint density at radius 3 is 0.939 bits per heavy atom. The summed E-state index contributed by atoms with van der Waals surface area (Å²) in [6.07, 6.45) is 93.4. The van der Waals surface area contributed by atoms with E-state index in [1.54, 1.807) is 6.08 Å². The molecular weight excluding hydrogens is 1010 g/mol. The molecule has 0 rings (SSSR count). The normalized spacial score (nSPS) is 12.8. The van der Waals surface area contributed by atoms with Gasteiger partial charge in [0.2, 0.25) is 5.91 Å². The van der Waals surface area contributed by atoms with Crippen LogP contribution in [0.3, 0.4) is 0 Å². The first-order chi connectivity index (χ1) is 40.5. The second-order valence-corrected chi connectivity index (χ2v) is 25.3. The van der Waals surface area contributed by atoms with Crippen LogP contribution in [0, 0.1) is 0 Å². The molecule has 0 saturated carbocycles. The third-order valence-corrected chi connectivity index (χ3v) is 17.1. The van der Waals surface area contributed by atoms with Crippen molar-refractivity contribution in [3.05, 3.63) is 48.6 Å². The summed E-state index contributed by atoms with van der Waals surface area (Å²) in [5.41, 5.74) is 0. The van der Waals surface area contributed by atoms with Crippen LogP contribution in [0.25, 0.3) is 0 Å². The van der Waals surface area contributed by atoms with Crippen LogP contribution in [-0.2, 0) is 14.3 Å². The molecule has 0 aromatic carbocycles. The number of aliphatic hydroxyl groups excluding tert-OH is 2. The first kappa shape index (κ1) is 79.8. The highest BCUT2D eigenvalue weighted by atomic mass is 16.5. The van der Waals surface area contributed by atoms with E-state index < -0.39 is 12.1 Å². The molecule has 482 valence electrons. The van der Waals surface area contributed by atoms with Crippen molar-refractivity contribution in [1.29, 1.82) is 0 Å². The monoisotopic (exact) mass is 1150 g/mol. The molecule has 0 radical (unpaired) electrons. The average molecular weight is 1150 g/mol. The maximum absolute atomic E-state index is 12.5. The molecule has 0 aromatic heterocycles. The first-order valence-corrected chi connectivity index (χ1v) is 36.9. The molecule has 0 aliphatic heterocycles. The number of carbonyl (C=O) groups is 2. The van der Waals surface area contributed by atoms with Gasteiger partial charge in [0.25, 0.3) is 0 Å². The molecular formula is C76H143NO5. The number of esters is 1. The summed E-state index contributed by atoms with van der Waals surface area (Å²) in [5.74, 6) is -0.0550. The minimum atomic E-state index is -0.846. The van der Waals surface area contributed by atoms with Crippen LogP contribution < -0.4 is 5.32 Å². The maximum atomic E-state index is 12.5. The number of unbranched alkanes of at least 4 members (excludes halogenated alkanes) is 52. The second-order valence-electron chi connectivity index (χ2n) is 25.3. The lowest BCUT2D eigenvalue weighted by molar-refractivity contribution is -0.143. The highest BCUT2D eigenvalue weighted by molar-refractivity contribution is 5.76. The molecule has 6 nitrogen and oxygen atoms in total. The van der Waals surface area contributed by atoms with Gasteiger partial charge >= 0.3 is 5.97 Å². The van der Waals surface area contributed by atoms with Gasteiger partial charge in [-0.15, -0.1) is 0 Å². The molecule has 0 spiro atoms. The van der Waals surface area contributed by atoms with Crippen LogP contribution in [-0.4, -0.2) is 47.4 Å². The minimum Gasteiger partial charge on any atom is -0.466 e. The van der Waals surface area contributed by atoms with E-state index in [0.717, 1.165) is 51.4 Å². The number of rotatable bonds is 69. The summed E-state index contributed by atoms with van der Waals surface area (Å²) in [7, 11) is 0. The Kier molecular flexibility index (Phi) is 69.4. The lowest BCUT2D eigenvalue weighted by Crippen LogP contribution is -2.45. The maximum Gasteiger partial charge on any atom is 0.305 e. The molecule has 3 N–H and O–H groups in total. The number of hydrogen-bond acceptors (Lipinski definition) is 5. The Morgan fingerprint density at radius 1 is 0.341 bits per heavy atom. The van der Waals surface area contributed by atoms with Crippen LogP contribution in [0.2, 0.25) is 0 Å². The Hall–Kier alpha value is -2.18. The van der Waals surface area contributed by atoms with Crippen molar-refractivity contribution in [1.82, 2.24) is 5.32 Å². The van der Waals surface area contributed by atoms with Crippen molar-refractivity contribution in [2.24, 2.45) is 0 Å². The number of nitrogens with one attached hydrogen (secondary N) is 1. The summed E-state index contributed by atoms with van der Waals surface area (Å²) in [4.78, 5) is 24.6. The quantitative estimate of drug-likeness (QED) is 0.0320. The minimum absolute atomic E-state index is 0.0116. The zero-order valence-electron chi connectivity index (χ0n) is 55.2. The molecule has 0 heterocycles. The van der Waals surface area contributed by atoms with Crippen LogP contribution in [0.15, 0.2) is 48.6 Å². The van der Waals surface area contributed by atoms with Crippen molar-refractivity contribution in [2.75, 3.05) is 13.2 Å². The number of carbonyl (C=O) groups excluding carboxylic acids is 2. The van der Waals surface area contributed by atoms with Gasteiger partial charge in [0.1, 0.15) is 0 Å². The van der Waals surface area contributed by atoms with Gasteiger partial charge in [0, 0.05) is 12.8 Å². The fourth-order valence-electron chi connectivity index (χ4n) is 11.4. The van der Waals surface area contributed by atoms with Gasteiger partial charge in [0.15, 0.2) is 0 Å². The van der Waals surface area contributed by atoms with Crippen molar-refractivity contribution in [3.63, 3.8) is 0 Å². The smallest absolute Gasteiger partial charge is 0.305 e. The Labute approximate surface area is 512 Å². The topological polar surface area (TPSA) is 95.9 Å². The standard InChI is InChI=1S/C76H143NO5/c1-3-5-7-9-11-13-15-17-19-21-33-38-42-46-50-54-58-62-66-70-76(81)82-71-67-63-59-55-51-47-43-39-35-32-30-28-26-24-22-23-25-27-29-31-34-37-41-45-49-53-57-61-65-69-75(80)77-73(72-78)74(79)68-64-60-56-52-48-44-40-36-20-18-16-14-12-10-8-6-4-2/h17,19,22,24,28,30,64,68,73-74,78-79H,3-16,18,20-21,23,25-27,29,31-63,65-67,69-72H2,1-2H3,(H,77,80)/b19-17-,24-22-,30-28-,68-64+. The largest absolute Gasteiger partial charge is 0.466 e. The lowest BCUT2D eigenvalue weighted by atomic mass is 10.0. The van der Waals surface area contributed by atoms with Crippen molar-refractivity contribution < 1.29 is 24.5 Å². The zero-order chi connectivity index (χ0) is 59.2. The van der Waals surface area contributed by atoms with Crippen LogP contribution >= 0.6 is 0 Å². The SMILES string of the molecule is CCCCCCCC/C=C\CCCCCCCCCCCC(=O)OCCCCCCCCCCC/C=C\C/C=C\CCCCCCCCCCCCCCCC(=O)NC(CO)C(O)/C=C/CCCCCCCCCCCCCCCCC. The van der Waals surface area contributed by atoms with Gasteiger partial charge < -0.3 is 20.3 Å². The number of amides is 1. The molecule has 0 fully saturated rings. The van der Waals surface area contributed by atoms with E-state index in [2.05, 4.69) is 55.6 Å². The van der Waals surface area contributed by atoms with Gasteiger partial charge in [0.05, 0.1) is 25.4 Å². The van der Waals surface area contributed by atoms with E-state index in [9.17, 15) is 19.8 Å². The van der Waals surface area contributed by atoms with Gasteiger partial charge in [-0.2, -0.15) is 0 Å². The summed E-state index contributed by atoms with van der Waals surface area (Å²) < 4.78 is 5.51. The Balaban J connectivity index is 3.41. The van der Waals surface area contributed by atoms with Crippen molar-refractivity contribution in [3.8, 4) is 0 Å². The van der Waals surface area contributed by atoms with E-state index in [0.29, 0.717) is 19.4 Å². The molecule has 0 aliphatic rings. The van der Waals surface area contributed by atoms with Crippen molar-refractivity contribution >= 4 is 11.9 Å². The van der Waals surface area contributed by atoms with E-state index in [4.69, 9.17) is 4.74 Å². The highest BCUT2D eigenvalue weighted by Crippen LogP contribution is 2.18. The van der Waals surface area contributed by atoms with Crippen molar-refractivity contribution in [2.45, 2.75) is 411 Å². The molecule has 0 aromatic rings. The Morgan fingerprint density at radius 2 is 0.610 bits per heavy atom. The van der Waals surface area contributed by atoms with Crippen LogP contribution in [0.1, 0.15) is 399 Å². The zero-order valence-corrected chi connectivity index (χ0v) is 55.2. The number of hydrogen-bond donors (Lipinski definition) is 3. The molecule has 2 unspecified atom stereocenters. The fraction of sp³-hybridized carbons (Fsp3) is 0.868. The van der Waals surface area contributed by atoms with Gasteiger partial charge in [-0.3, -0.25) is 9.59 Å². The molecule has 1 amide bonds. The Bertz CT molecular complexity index is 1370. The van der Waals surface area contributed by atoms with E-state index >= 15 is 0 Å². The molecule has 82 heavy (non-hydrogen) atoms. The molecule has 0 aliphatic carbocycles. The molecule has 0 saturated heterocycles. The van der Waals surface area contributed by atoms with Gasteiger partial charge in [-0.1, -0.05) is 345 Å². The first-order valence-electron chi connectivity index (χ1n) is 36.9. The summed E-state index contributed by atoms with van der Waals surface area (Å²) in [5, 5.41) is 23.2. The summed E-state index contributed by atoms with van der Waals surface area (Å²) in [6, 6.07) is -0.630. The van der Waals surface area contributed by atoms with E-state index in [1.807, 2.05) is 6.08 Å². The van der Waals surface area contributed by atoms with Gasteiger partial charge in [-0.25, -0.2) is 0 Å². The number of allylic oxidation sites excluding steroid dienone is 7. The molecule has 6 heteroatoms. The number of aliphatic hydroxyl groups is 2. The van der Waals surface area contributed by atoms with E-state index in [1.165, 1.54) is 321 Å². The summed E-state index contributed by atoms with van der Waals surface area (Å²) >= 11 is 0. The predicted molar refractivity (Wildman–Crippen MR) is 361 cm³/mol. The van der Waals surface area contributed by atoms with Gasteiger partial charge in [-0.05, 0) is 89.9 Å². The third-order valence-electron chi connectivity index (χ3n) is 17.1. The van der Waals surface area contributed by atoms with Crippen LogP contribution in [0.5, 0.6) is 0 Å². The molecule has 2 atom stereocenters. The molecule has 0 bridgehead atoms. The fourth-order valence-corrected chi connectivity index (χ4v) is 11.4. The highest BCUT2D eigenvalue weighted by Gasteiger charge is 2.18.